The number of benzene rings is 1. The van der Waals surface area contributed by atoms with E-state index in [2.05, 4.69) is 9.55 Å². The molecule has 3 aromatic rings. The van der Waals surface area contributed by atoms with Crippen LogP contribution in [0.4, 0.5) is 0 Å². The molecule has 1 atom stereocenters. The summed E-state index contributed by atoms with van der Waals surface area (Å²) in [5.74, 6) is -0.155. The van der Waals surface area contributed by atoms with Crippen LogP contribution < -0.4 is 0 Å². The molecule has 0 saturated heterocycles. The number of aliphatic hydroxyl groups excluding tert-OH is 1. The number of aromatic nitrogens is 2. The van der Waals surface area contributed by atoms with E-state index in [9.17, 15) is 9.90 Å². The van der Waals surface area contributed by atoms with Gasteiger partial charge in [0, 0.05) is 47.2 Å². The average molecular weight is 411 g/mol. The van der Waals surface area contributed by atoms with Gasteiger partial charge in [-0.1, -0.05) is 25.1 Å². The first-order chi connectivity index (χ1) is 14.4. The highest BCUT2D eigenvalue weighted by molar-refractivity contribution is 5.98. The van der Waals surface area contributed by atoms with Gasteiger partial charge in [0.15, 0.2) is 12.1 Å². The molecule has 0 spiro atoms. The second-order valence-corrected chi connectivity index (χ2v) is 7.48. The van der Waals surface area contributed by atoms with Crippen LogP contribution in [-0.2, 0) is 22.4 Å². The summed E-state index contributed by atoms with van der Waals surface area (Å²) in [7, 11) is 1.66. The minimum Gasteiger partial charge on any atom is -0.383 e. The van der Waals surface area contributed by atoms with E-state index in [1.807, 2.05) is 58.0 Å². The van der Waals surface area contributed by atoms with E-state index in [0.717, 1.165) is 40.0 Å². The van der Waals surface area contributed by atoms with Crippen molar-refractivity contribution in [3.05, 3.63) is 64.1 Å². The van der Waals surface area contributed by atoms with Gasteiger partial charge in [-0.2, -0.15) is 0 Å². The second kappa shape index (κ2) is 9.51. The zero-order chi connectivity index (χ0) is 21.8. The minimum atomic E-state index is -1.20. The van der Waals surface area contributed by atoms with Crippen molar-refractivity contribution in [1.29, 1.82) is 0 Å². The molecule has 2 heterocycles. The molecule has 0 aliphatic heterocycles. The molecule has 6 nitrogen and oxygen atoms in total. The van der Waals surface area contributed by atoms with Gasteiger partial charge in [0.05, 0.1) is 12.1 Å². The predicted molar refractivity (Wildman–Crippen MR) is 117 cm³/mol. The number of hydrogen-bond donors (Lipinski definition) is 1. The smallest absolute Gasteiger partial charge is 0.190 e. The molecule has 2 aromatic heterocycles. The minimum absolute atomic E-state index is 0.155. The lowest BCUT2D eigenvalue weighted by atomic mass is 10.00. The van der Waals surface area contributed by atoms with Gasteiger partial charge in [0.25, 0.3) is 0 Å². The van der Waals surface area contributed by atoms with Crippen molar-refractivity contribution in [2.24, 2.45) is 0 Å². The largest absolute Gasteiger partial charge is 0.383 e. The molecule has 0 amide bonds. The highest BCUT2D eigenvalue weighted by Gasteiger charge is 2.21. The summed E-state index contributed by atoms with van der Waals surface area (Å²) < 4.78 is 12.9. The molecule has 160 valence electrons. The normalized spacial score (nSPS) is 12.5. The number of pyridine rings is 1. The number of hydrogen-bond acceptors (Lipinski definition) is 5. The van der Waals surface area contributed by atoms with E-state index in [-0.39, 0.29) is 12.4 Å². The van der Waals surface area contributed by atoms with Crippen molar-refractivity contribution < 1.29 is 19.4 Å². The summed E-state index contributed by atoms with van der Waals surface area (Å²) in [4.78, 5) is 17.5. The maximum atomic E-state index is 12.8. The molecule has 0 radical (unpaired) electrons. The number of fused-ring (bicyclic) bond motifs is 1. The molecule has 0 bridgehead atoms. The number of Topliss-reactive ketones (excluding diaryl/α,β-unsaturated/α-hetero) is 1. The van der Waals surface area contributed by atoms with Crippen LogP contribution in [0.15, 0.2) is 30.3 Å². The Labute approximate surface area is 177 Å². The lowest BCUT2D eigenvalue weighted by Crippen LogP contribution is -2.16. The molecule has 1 N–H and O–H groups in total. The fourth-order valence-corrected chi connectivity index (χ4v) is 3.97. The Morgan fingerprint density at radius 1 is 1.23 bits per heavy atom. The maximum Gasteiger partial charge on any atom is 0.190 e. The number of carbonyl (C=O) groups excluding carboxylic acids is 1. The maximum absolute atomic E-state index is 12.8. The summed E-state index contributed by atoms with van der Waals surface area (Å²) in [6, 6.07) is 9.53. The Bertz CT molecular complexity index is 1060. The summed E-state index contributed by atoms with van der Waals surface area (Å²) >= 11 is 0. The second-order valence-electron chi connectivity index (χ2n) is 7.48. The fraction of sp³-hybridized carbons (Fsp3) is 0.417. The van der Waals surface area contributed by atoms with Gasteiger partial charge in [-0.25, -0.2) is 0 Å². The van der Waals surface area contributed by atoms with E-state index >= 15 is 0 Å². The van der Waals surface area contributed by atoms with Crippen LogP contribution >= 0.6 is 0 Å². The van der Waals surface area contributed by atoms with Gasteiger partial charge in [-0.3, -0.25) is 9.78 Å². The van der Waals surface area contributed by atoms with Gasteiger partial charge in [0.1, 0.15) is 6.61 Å². The number of carbonyl (C=O) groups is 1. The molecule has 1 unspecified atom stereocenters. The zero-order valence-electron chi connectivity index (χ0n) is 18.4. The van der Waals surface area contributed by atoms with Gasteiger partial charge in [-0.05, 0) is 44.9 Å². The summed E-state index contributed by atoms with van der Waals surface area (Å²) in [5, 5.41) is 11.7. The summed E-state index contributed by atoms with van der Waals surface area (Å²) in [6.45, 7) is 8.91. The van der Waals surface area contributed by atoms with Gasteiger partial charge >= 0.3 is 0 Å². The first-order valence-corrected chi connectivity index (χ1v) is 10.3. The third-order valence-corrected chi connectivity index (χ3v) is 5.63. The summed E-state index contributed by atoms with van der Waals surface area (Å²) in [5.41, 5.74) is 5.79. The Kier molecular flexibility index (Phi) is 7.02. The number of nitrogens with zero attached hydrogens (tertiary/aromatic N) is 2. The first kappa shape index (κ1) is 22.2. The standard InChI is InChI=1S/C24H30N2O4/c1-6-20-16(3)23(18-9-7-8-10-21(18)25-20)24(28)30-14-22(27)19-13-15(2)26(17(19)4)11-12-29-5/h7-10,13,24,28H,6,11-12,14H2,1-5H3. The molecule has 0 aliphatic carbocycles. The quantitative estimate of drug-likeness (QED) is 0.425. The Morgan fingerprint density at radius 2 is 1.97 bits per heavy atom. The summed E-state index contributed by atoms with van der Waals surface area (Å²) in [6.07, 6.45) is -0.452. The number of aliphatic hydroxyl groups is 1. The number of methoxy groups -OCH3 is 1. The van der Waals surface area contributed by atoms with Crippen molar-refractivity contribution >= 4 is 16.7 Å². The first-order valence-electron chi connectivity index (χ1n) is 10.3. The topological polar surface area (TPSA) is 73.6 Å². The lowest BCUT2D eigenvalue weighted by molar-refractivity contribution is -0.0931. The third-order valence-electron chi connectivity index (χ3n) is 5.63. The zero-order valence-corrected chi connectivity index (χ0v) is 18.4. The van der Waals surface area contributed by atoms with Crippen molar-refractivity contribution in [3.8, 4) is 0 Å². The highest BCUT2D eigenvalue weighted by Crippen LogP contribution is 2.29. The highest BCUT2D eigenvalue weighted by atomic mass is 16.6. The Morgan fingerprint density at radius 3 is 2.67 bits per heavy atom. The Balaban J connectivity index is 1.82. The van der Waals surface area contributed by atoms with E-state index in [1.165, 1.54) is 0 Å². The molecular formula is C24H30N2O4. The van der Waals surface area contributed by atoms with Crippen molar-refractivity contribution in [1.82, 2.24) is 9.55 Å². The number of para-hydroxylation sites is 1. The molecule has 1 aromatic carbocycles. The van der Waals surface area contributed by atoms with Crippen LogP contribution in [0.5, 0.6) is 0 Å². The van der Waals surface area contributed by atoms with Crippen molar-refractivity contribution in [2.75, 3.05) is 20.3 Å². The monoisotopic (exact) mass is 410 g/mol. The molecule has 0 aliphatic rings. The van der Waals surface area contributed by atoms with Crippen molar-refractivity contribution in [3.63, 3.8) is 0 Å². The molecule has 0 fully saturated rings. The SMILES string of the molecule is CCc1nc2ccccc2c(C(O)OCC(=O)c2cc(C)n(CCOC)c2C)c1C. The van der Waals surface area contributed by atoms with E-state index in [0.29, 0.717) is 24.3 Å². The number of ether oxygens (including phenoxy) is 2. The van der Waals surface area contributed by atoms with Crippen LogP contribution in [0.1, 0.15) is 51.8 Å². The lowest BCUT2D eigenvalue weighted by Gasteiger charge is -2.19. The van der Waals surface area contributed by atoms with E-state index in [1.54, 1.807) is 7.11 Å². The molecule has 6 heteroatoms. The van der Waals surface area contributed by atoms with Gasteiger partial charge < -0.3 is 19.1 Å². The Hall–Kier alpha value is -2.54. The van der Waals surface area contributed by atoms with Gasteiger partial charge in [-0.15, -0.1) is 0 Å². The fourth-order valence-electron chi connectivity index (χ4n) is 3.97. The number of ketones is 1. The average Bonchev–Trinajstić information content (AvgIpc) is 3.03. The molecule has 30 heavy (non-hydrogen) atoms. The van der Waals surface area contributed by atoms with Crippen LogP contribution in [0.3, 0.4) is 0 Å². The molecule has 3 rings (SSSR count). The predicted octanol–water partition coefficient (Wildman–Crippen LogP) is 4.06. The van der Waals surface area contributed by atoms with Crippen LogP contribution in [0.2, 0.25) is 0 Å². The van der Waals surface area contributed by atoms with Crippen LogP contribution in [0, 0.1) is 20.8 Å². The van der Waals surface area contributed by atoms with Gasteiger partial charge in [0.2, 0.25) is 0 Å². The third kappa shape index (κ3) is 4.31. The number of aryl methyl sites for hydroxylation is 2. The van der Waals surface area contributed by atoms with E-state index < -0.39 is 6.29 Å². The van der Waals surface area contributed by atoms with Crippen molar-refractivity contribution in [2.45, 2.75) is 47.0 Å². The molecular weight excluding hydrogens is 380 g/mol. The molecule has 0 saturated carbocycles. The van der Waals surface area contributed by atoms with Crippen LogP contribution in [0.25, 0.3) is 10.9 Å². The van der Waals surface area contributed by atoms with Crippen LogP contribution in [-0.4, -0.2) is 40.8 Å². The number of rotatable bonds is 9. The van der Waals surface area contributed by atoms with E-state index in [4.69, 9.17) is 9.47 Å².